The molecule has 2 amide bonds. The smallest absolute Gasteiger partial charge is 0.242 e. The maximum atomic E-state index is 13.8. The van der Waals surface area contributed by atoms with Gasteiger partial charge in [0, 0.05) is 24.5 Å². The minimum atomic E-state index is -0.481. The number of hydrogen-bond acceptors (Lipinski definition) is 4. The van der Waals surface area contributed by atoms with Gasteiger partial charge in [-0.1, -0.05) is 6.07 Å². The van der Waals surface area contributed by atoms with E-state index in [0.29, 0.717) is 5.69 Å². The third-order valence-electron chi connectivity index (χ3n) is 3.65. The molecule has 2 rings (SSSR count). The van der Waals surface area contributed by atoms with Gasteiger partial charge >= 0.3 is 0 Å². The van der Waals surface area contributed by atoms with Gasteiger partial charge < -0.3 is 15.5 Å². The van der Waals surface area contributed by atoms with Crippen LogP contribution < -0.4 is 10.6 Å². The predicted molar refractivity (Wildman–Crippen MR) is 94.7 cm³/mol. The van der Waals surface area contributed by atoms with Gasteiger partial charge in [0.15, 0.2) is 0 Å². The van der Waals surface area contributed by atoms with Gasteiger partial charge in [0.05, 0.1) is 18.3 Å². The summed E-state index contributed by atoms with van der Waals surface area (Å²) < 4.78 is 13.8. The van der Waals surface area contributed by atoms with Crippen LogP contribution in [-0.4, -0.2) is 30.3 Å². The number of nitrogens with one attached hydrogen (secondary N) is 2. The van der Waals surface area contributed by atoms with Crippen molar-refractivity contribution < 1.29 is 14.0 Å². The zero-order valence-corrected chi connectivity index (χ0v) is 14.6. The van der Waals surface area contributed by atoms with Gasteiger partial charge in [0.25, 0.3) is 0 Å². The molecule has 0 unspecified atom stereocenters. The molecule has 0 aliphatic rings. The van der Waals surface area contributed by atoms with E-state index in [4.69, 9.17) is 0 Å². The highest BCUT2D eigenvalue weighted by molar-refractivity contribution is 7.10. The van der Waals surface area contributed by atoms with E-state index in [0.717, 1.165) is 4.88 Å². The topological polar surface area (TPSA) is 61.4 Å². The highest BCUT2D eigenvalue weighted by atomic mass is 32.1. The van der Waals surface area contributed by atoms with Crippen LogP contribution in [-0.2, 0) is 9.59 Å². The summed E-state index contributed by atoms with van der Waals surface area (Å²) in [5.41, 5.74) is 0.644. The van der Waals surface area contributed by atoms with Gasteiger partial charge in [-0.25, -0.2) is 4.39 Å². The zero-order chi connectivity index (χ0) is 17.7. The zero-order valence-electron chi connectivity index (χ0n) is 13.8. The summed E-state index contributed by atoms with van der Waals surface area (Å²) in [4.78, 5) is 26.1. The molecule has 1 aromatic heterocycles. The van der Waals surface area contributed by atoms with Crippen molar-refractivity contribution in [3.05, 3.63) is 46.4 Å². The lowest BCUT2D eigenvalue weighted by Gasteiger charge is -2.24. The fourth-order valence-corrected chi connectivity index (χ4v) is 3.00. The Morgan fingerprint density at radius 1 is 1.33 bits per heavy atom. The number of halogens is 1. The summed E-state index contributed by atoms with van der Waals surface area (Å²) in [5.74, 6) is -0.876. The first-order chi connectivity index (χ1) is 11.4. The van der Waals surface area contributed by atoms with Crippen molar-refractivity contribution in [2.24, 2.45) is 0 Å². The van der Waals surface area contributed by atoms with Gasteiger partial charge in [0.2, 0.25) is 11.8 Å². The van der Waals surface area contributed by atoms with Gasteiger partial charge in [-0.2, -0.15) is 0 Å². The number of rotatable bonds is 6. The van der Waals surface area contributed by atoms with E-state index in [1.807, 2.05) is 24.4 Å². The van der Waals surface area contributed by atoms with Crippen LogP contribution in [0.3, 0.4) is 0 Å². The summed E-state index contributed by atoms with van der Waals surface area (Å²) in [6.45, 7) is 3.29. The molecular formula is C17H20FN3O2S. The Balaban J connectivity index is 1.99. The molecule has 0 saturated heterocycles. The van der Waals surface area contributed by atoms with Crippen LogP contribution in [0, 0.1) is 5.82 Å². The third-order valence-corrected chi connectivity index (χ3v) is 4.69. The lowest BCUT2D eigenvalue weighted by atomic mass is 10.2. The fourth-order valence-electron chi connectivity index (χ4n) is 2.17. The van der Waals surface area contributed by atoms with Crippen molar-refractivity contribution in [3.63, 3.8) is 0 Å². The average Bonchev–Trinajstić information content (AvgIpc) is 3.07. The molecule has 7 heteroatoms. The molecule has 1 heterocycles. The molecule has 0 aliphatic heterocycles. The number of carbonyl (C=O) groups is 2. The Labute approximate surface area is 144 Å². The van der Waals surface area contributed by atoms with Crippen molar-refractivity contribution in [1.82, 2.24) is 4.90 Å². The standard InChI is InChI=1S/C17H20FN3O2S/c1-11(16-5-4-8-24-16)21(3)17(23)10-19-15-9-13(20-12(2)22)6-7-14(15)18/h4-9,11,19H,10H2,1-3H3,(H,20,22)/t11-/m1/s1. The van der Waals surface area contributed by atoms with Crippen LogP contribution in [0.15, 0.2) is 35.7 Å². The monoisotopic (exact) mass is 349 g/mol. The molecule has 2 aromatic rings. The summed E-state index contributed by atoms with van der Waals surface area (Å²) >= 11 is 1.59. The first-order valence-corrected chi connectivity index (χ1v) is 8.36. The normalized spacial score (nSPS) is 11.7. The van der Waals surface area contributed by atoms with E-state index >= 15 is 0 Å². The van der Waals surface area contributed by atoms with Crippen molar-refractivity contribution in [2.45, 2.75) is 19.9 Å². The van der Waals surface area contributed by atoms with Crippen LogP contribution in [0.1, 0.15) is 24.8 Å². The van der Waals surface area contributed by atoms with Crippen LogP contribution >= 0.6 is 11.3 Å². The molecular weight excluding hydrogens is 329 g/mol. The number of anilines is 2. The van der Waals surface area contributed by atoms with E-state index in [1.165, 1.54) is 25.1 Å². The Hall–Kier alpha value is -2.41. The number of hydrogen-bond donors (Lipinski definition) is 2. The highest BCUT2D eigenvalue weighted by Crippen LogP contribution is 2.24. The van der Waals surface area contributed by atoms with Gasteiger partial charge in [-0.15, -0.1) is 11.3 Å². The predicted octanol–water partition coefficient (Wildman–Crippen LogP) is 3.48. The van der Waals surface area contributed by atoms with Crippen molar-refractivity contribution in [2.75, 3.05) is 24.2 Å². The second-order valence-electron chi connectivity index (χ2n) is 5.43. The van der Waals surface area contributed by atoms with Gasteiger partial charge in [-0.05, 0) is 36.6 Å². The summed E-state index contributed by atoms with van der Waals surface area (Å²) in [6, 6.07) is 8.05. The van der Waals surface area contributed by atoms with Crippen LogP contribution in [0.4, 0.5) is 15.8 Å². The maximum Gasteiger partial charge on any atom is 0.242 e. The number of benzene rings is 1. The molecule has 128 valence electrons. The SMILES string of the molecule is CC(=O)Nc1ccc(F)c(NCC(=O)N(C)[C@H](C)c2cccs2)c1. The summed E-state index contributed by atoms with van der Waals surface area (Å²) in [5, 5.41) is 7.34. The number of likely N-dealkylation sites (N-methyl/N-ethyl adjacent to an activating group) is 1. The fraction of sp³-hybridized carbons (Fsp3) is 0.294. The number of thiophene rings is 1. The van der Waals surface area contributed by atoms with Gasteiger partial charge in [0.1, 0.15) is 5.82 Å². The minimum absolute atomic E-state index is 0.0351. The number of nitrogens with zero attached hydrogens (tertiary/aromatic N) is 1. The van der Waals surface area contributed by atoms with Crippen LogP contribution in [0.2, 0.25) is 0 Å². The molecule has 0 radical (unpaired) electrons. The quantitative estimate of drug-likeness (QED) is 0.839. The molecule has 0 bridgehead atoms. The van der Waals surface area contributed by atoms with E-state index in [1.54, 1.807) is 23.3 Å². The molecule has 2 N–H and O–H groups in total. The largest absolute Gasteiger partial charge is 0.374 e. The number of amides is 2. The second-order valence-corrected chi connectivity index (χ2v) is 6.40. The van der Waals surface area contributed by atoms with Gasteiger partial charge in [-0.3, -0.25) is 9.59 Å². The van der Waals surface area contributed by atoms with Crippen LogP contribution in [0.5, 0.6) is 0 Å². The summed E-state index contributed by atoms with van der Waals surface area (Å²) in [7, 11) is 1.72. The third kappa shape index (κ3) is 4.55. The summed E-state index contributed by atoms with van der Waals surface area (Å²) in [6.07, 6.45) is 0. The maximum absolute atomic E-state index is 13.8. The van der Waals surface area contributed by atoms with Crippen molar-refractivity contribution >= 4 is 34.5 Å². The lowest BCUT2D eigenvalue weighted by Crippen LogP contribution is -2.34. The van der Waals surface area contributed by atoms with E-state index in [2.05, 4.69) is 10.6 Å². The van der Waals surface area contributed by atoms with Crippen molar-refractivity contribution in [1.29, 1.82) is 0 Å². The molecule has 24 heavy (non-hydrogen) atoms. The molecule has 1 aromatic carbocycles. The van der Waals surface area contributed by atoms with E-state index in [-0.39, 0.29) is 30.1 Å². The first kappa shape index (κ1) is 17.9. The first-order valence-electron chi connectivity index (χ1n) is 7.48. The Bertz CT molecular complexity index is 719. The Kier molecular flexibility index (Phi) is 5.92. The Morgan fingerprint density at radius 3 is 2.71 bits per heavy atom. The Morgan fingerprint density at radius 2 is 2.08 bits per heavy atom. The molecule has 0 aliphatic carbocycles. The molecule has 0 fully saturated rings. The van der Waals surface area contributed by atoms with E-state index in [9.17, 15) is 14.0 Å². The van der Waals surface area contributed by atoms with Crippen molar-refractivity contribution in [3.8, 4) is 0 Å². The molecule has 5 nitrogen and oxygen atoms in total. The molecule has 0 saturated carbocycles. The highest BCUT2D eigenvalue weighted by Gasteiger charge is 2.18. The molecule has 0 spiro atoms. The minimum Gasteiger partial charge on any atom is -0.374 e. The van der Waals surface area contributed by atoms with Crippen LogP contribution in [0.25, 0.3) is 0 Å². The second kappa shape index (κ2) is 7.92. The lowest BCUT2D eigenvalue weighted by molar-refractivity contribution is -0.129. The average molecular weight is 349 g/mol. The molecule has 1 atom stereocenters. The van der Waals surface area contributed by atoms with E-state index < -0.39 is 5.82 Å². The number of carbonyl (C=O) groups excluding carboxylic acids is 2.